The first-order valence-electron chi connectivity index (χ1n) is 10.9. The summed E-state index contributed by atoms with van der Waals surface area (Å²) in [5, 5.41) is 5.33. The van der Waals surface area contributed by atoms with E-state index in [1.807, 2.05) is 44.4 Å². The normalized spacial score (nSPS) is 9.97. The lowest BCUT2D eigenvalue weighted by Gasteiger charge is -2.09. The Hall–Kier alpha value is -2.98. The summed E-state index contributed by atoms with van der Waals surface area (Å²) in [7, 11) is 2.12. The van der Waals surface area contributed by atoms with E-state index in [4.69, 9.17) is 0 Å². The topological polar surface area (TPSA) is 34.0 Å². The van der Waals surface area contributed by atoms with Crippen LogP contribution in [0.5, 0.6) is 0 Å². The van der Waals surface area contributed by atoms with Crippen LogP contribution in [-0.2, 0) is 11.8 Å². The largest absolute Gasteiger partial charge is 0.350 e. The maximum Gasteiger partial charge on any atom is 0.221 e. The Bertz CT molecular complexity index is 1150. The maximum atomic E-state index is 10.7. The molecule has 0 aliphatic heterocycles. The van der Waals surface area contributed by atoms with Gasteiger partial charge in [-0.15, -0.1) is 11.8 Å². The average molecular weight is 447 g/mol. The van der Waals surface area contributed by atoms with E-state index in [9.17, 15) is 4.79 Å². The van der Waals surface area contributed by atoms with Crippen LogP contribution in [0.2, 0.25) is 0 Å². The van der Waals surface area contributed by atoms with E-state index in [0.29, 0.717) is 0 Å². The number of nitrogens with zero attached hydrogens (tertiary/aromatic N) is 1. The minimum Gasteiger partial charge on any atom is -0.350 e. The second-order valence-corrected chi connectivity index (χ2v) is 8.21. The number of hydrogen-bond acceptors (Lipinski definition) is 2. The molecule has 4 aromatic rings. The Labute approximate surface area is 196 Å². The van der Waals surface area contributed by atoms with Crippen LogP contribution < -0.4 is 5.32 Å². The zero-order valence-corrected chi connectivity index (χ0v) is 21.0. The number of carbonyl (C=O) groups excluding carboxylic acids is 1. The molecule has 0 atom stereocenters. The van der Waals surface area contributed by atoms with E-state index < -0.39 is 0 Å². The van der Waals surface area contributed by atoms with Gasteiger partial charge in [-0.25, -0.2) is 0 Å². The third-order valence-corrected chi connectivity index (χ3v) is 5.89. The fourth-order valence-electron chi connectivity index (χ4n) is 3.60. The summed E-state index contributed by atoms with van der Waals surface area (Å²) in [6.45, 7) is 9.87. The van der Waals surface area contributed by atoms with E-state index in [1.165, 1.54) is 45.0 Å². The van der Waals surface area contributed by atoms with Crippen molar-refractivity contribution in [2.45, 2.75) is 39.5 Å². The quantitative estimate of drug-likeness (QED) is 0.325. The Morgan fingerprint density at radius 3 is 2.09 bits per heavy atom. The minimum atomic E-state index is -0.0353. The summed E-state index contributed by atoms with van der Waals surface area (Å²) < 4.78 is 2.23. The van der Waals surface area contributed by atoms with Gasteiger partial charge in [-0.1, -0.05) is 56.3 Å². The summed E-state index contributed by atoms with van der Waals surface area (Å²) in [6, 6.07) is 22.8. The monoisotopic (exact) mass is 446 g/mol. The minimum absolute atomic E-state index is 0.0353. The van der Waals surface area contributed by atoms with Crippen molar-refractivity contribution in [3.8, 4) is 11.3 Å². The Kier molecular flexibility index (Phi) is 9.61. The molecule has 0 fully saturated rings. The molecule has 0 unspecified atom stereocenters. The third-order valence-electron chi connectivity index (χ3n) is 5.14. The highest BCUT2D eigenvalue weighted by Gasteiger charge is 2.11. The van der Waals surface area contributed by atoms with Crippen molar-refractivity contribution in [2.24, 2.45) is 7.05 Å². The predicted octanol–water partition coefficient (Wildman–Crippen LogP) is 7.86. The lowest BCUT2D eigenvalue weighted by Crippen LogP contribution is -2.05. The first kappa shape index (κ1) is 25.3. The number of amides is 1. The van der Waals surface area contributed by atoms with Crippen LogP contribution in [0, 0.1) is 13.8 Å². The molecule has 4 rings (SSSR count). The smallest absolute Gasteiger partial charge is 0.221 e. The highest BCUT2D eigenvalue weighted by molar-refractivity contribution is 7.98. The molecule has 0 radical (unpaired) electrons. The number of carbonyl (C=O) groups is 1. The van der Waals surface area contributed by atoms with Crippen LogP contribution in [0.4, 0.5) is 5.69 Å². The first-order valence-corrected chi connectivity index (χ1v) is 12.2. The van der Waals surface area contributed by atoms with Gasteiger partial charge >= 0.3 is 0 Å². The molecular weight excluding hydrogens is 412 g/mol. The van der Waals surface area contributed by atoms with Crippen LogP contribution in [0.25, 0.3) is 22.0 Å². The van der Waals surface area contributed by atoms with Gasteiger partial charge in [0.1, 0.15) is 0 Å². The number of anilines is 1. The van der Waals surface area contributed by atoms with Crippen LogP contribution in [0.15, 0.2) is 77.8 Å². The molecule has 0 bridgehead atoms. The van der Waals surface area contributed by atoms with Crippen LogP contribution in [0.1, 0.15) is 31.9 Å². The molecule has 1 amide bonds. The molecule has 1 aromatic heterocycles. The Morgan fingerprint density at radius 2 is 1.53 bits per heavy atom. The van der Waals surface area contributed by atoms with Gasteiger partial charge < -0.3 is 9.88 Å². The molecule has 0 aliphatic carbocycles. The summed E-state index contributed by atoms with van der Waals surface area (Å²) in [4.78, 5) is 11.8. The fraction of sp³-hybridized carbons (Fsp3) is 0.250. The van der Waals surface area contributed by atoms with Gasteiger partial charge in [-0.05, 0) is 66.3 Å². The third kappa shape index (κ3) is 6.27. The van der Waals surface area contributed by atoms with Gasteiger partial charge in [-0.3, -0.25) is 4.79 Å². The molecule has 0 aliphatic rings. The molecule has 1 heterocycles. The van der Waals surface area contributed by atoms with E-state index in [2.05, 4.69) is 79.4 Å². The van der Waals surface area contributed by atoms with Gasteiger partial charge in [-0.2, -0.15) is 0 Å². The van der Waals surface area contributed by atoms with Crippen molar-refractivity contribution in [1.82, 2.24) is 4.57 Å². The van der Waals surface area contributed by atoms with E-state index >= 15 is 0 Å². The van der Waals surface area contributed by atoms with E-state index in [-0.39, 0.29) is 5.91 Å². The van der Waals surface area contributed by atoms with Gasteiger partial charge in [0.15, 0.2) is 0 Å². The van der Waals surface area contributed by atoms with Crippen molar-refractivity contribution in [2.75, 3.05) is 11.6 Å². The zero-order valence-electron chi connectivity index (χ0n) is 20.2. The molecule has 32 heavy (non-hydrogen) atoms. The van der Waals surface area contributed by atoms with E-state index in [0.717, 1.165) is 5.69 Å². The molecule has 0 spiro atoms. The zero-order chi connectivity index (χ0) is 23.7. The van der Waals surface area contributed by atoms with Crippen LogP contribution in [-0.4, -0.2) is 16.7 Å². The highest BCUT2D eigenvalue weighted by atomic mass is 32.2. The van der Waals surface area contributed by atoms with Gasteiger partial charge in [0, 0.05) is 36.3 Å². The first-order chi connectivity index (χ1) is 15.4. The van der Waals surface area contributed by atoms with Crippen molar-refractivity contribution in [1.29, 1.82) is 0 Å². The van der Waals surface area contributed by atoms with Crippen LogP contribution >= 0.6 is 11.8 Å². The average Bonchev–Trinajstić information content (AvgIpc) is 3.06. The van der Waals surface area contributed by atoms with Crippen molar-refractivity contribution in [3.05, 3.63) is 84.1 Å². The molecule has 4 heteroatoms. The lowest BCUT2D eigenvalue weighted by atomic mass is 9.99. The number of benzene rings is 3. The number of thioether (sulfide) groups is 1. The number of aromatic nitrogens is 1. The number of nitrogens with one attached hydrogen (secondary N) is 1. The summed E-state index contributed by atoms with van der Waals surface area (Å²) in [6.07, 6.45) is 4.22. The van der Waals surface area contributed by atoms with Crippen molar-refractivity contribution in [3.63, 3.8) is 0 Å². The van der Waals surface area contributed by atoms with E-state index in [1.54, 1.807) is 11.8 Å². The Balaban J connectivity index is 0.000000227. The van der Waals surface area contributed by atoms with Gasteiger partial charge in [0.25, 0.3) is 0 Å². The number of aryl methyl sites for hydroxylation is 2. The Morgan fingerprint density at radius 1 is 0.906 bits per heavy atom. The second kappa shape index (κ2) is 12.2. The fourth-order valence-corrected chi connectivity index (χ4v) is 4.01. The SMILES string of the molecule is CC.CSc1ccc(NC(C)=O)cc1.Cc1cn(C)c(-c2cccc3ccccc23)c1C. The lowest BCUT2D eigenvalue weighted by molar-refractivity contribution is -0.114. The number of fused-ring (bicyclic) bond motifs is 1. The summed E-state index contributed by atoms with van der Waals surface area (Å²) in [5.74, 6) is -0.0353. The van der Waals surface area contributed by atoms with Crippen molar-refractivity contribution >= 4 is 34.1 Å². The standard InChI is InChI=1S/C17H17N.C9H11NOS.C2H6/c1-12-11-18(3)17(13(12)2)16-10-6-8-14-7-4-5-9-15(14)16;1-7(11)10-8-3-5-9(12-2)6-4-8;1-2/h4-11H,1-3H3;3-6H,1-2H3,(H,10,11);1-2H3. The van der Waals surface area contributed by atoms with Crippen LogP contribution in [0.3, 0.4) is 0 Å². The van der Waals surface area contributed by atoms with Gasteiger partial charge in [0.2, 0.25) is 5.91 Å². The molecule has 0 saturated heterocycles. The predicted molar refractivity (Wildman–Crippen MR) is 142 cm³/mol. The molecule has 1 N–H and O–H groups in total. The highest BCUT2D eigenvalue weighted by Crippen LogP contribution is 2.32. The molecular formula is C28H34N2OS. The summed E-state index contributed by atoms with van der Waals surface area (Å²) in [5.41, 5.74) is 6.21. The molecule has 3 aromatic carbocycles. The number of rotatable bonds is 3. The molecule has 0 saturated carbocycles. The second-order valence-electron chi connectivity index (χ2n) is 7.33. The molecule has 3 nitrogen and oxygen atoms in total. The van der Waals surface area contributed by atoms with Crippen molar-refractivity contribution < 1.29 is 4.79 Å². The molecule has 168 valence electrons. The summed E-state index contributed by atoms with van der Waals surface area (Å²) >= 11 is 1.68. The number of hydrogen-bond donors (Lipinski definition) is 1. The van der Waals surface area contributed by atoms with Gasteiger partial charge in [0.05, 0.1) is 5.69 Å². The maximum absolute atomic E-state index is 10.7.